The fourth-order valence-corrected chi connectivity index (χ4v) is 4.29. The molecule has 0 atom stereocenters. The Bertz CT molecular complexity index is 1330. The van der Waals surface area contributed by atoms with Gasteiger partial charge < -0.3 is 25.1 Å². The van der Waals surface area contributed by atoms with Crippen molar-refractivity contribution < 1.29 is 19.1 Å². The zero-order chi connectivity index (χ0) is 24.2. The molecule has 0 saturated carbocycles. The van der Waals surface area contributed by atoms with E-state index in [4.69, 9.17) is 15.2 Å². The van der Waals surface area contributed by atoms with Crippen molar-refractivity contribution in [3.8, 4) is 22.9 Å². The minimum absolute atomic E-state index is 0.0998. The van der Waals surface area contributed by atoms with Gasteiger partial charge in [-0.15, -0.1) is 0 Å². The maximum absolute atomic E-state index is 12.6. The van der Waals surface area contributed by atoms with Crippen LogP contribution < -0.4 is 15.2 Å². The monoisotopic (exact) mass is 470 g/mol. The van der Waals surface area contributed by atoms with E-state index in [1.807, 2.05) is 59.5 Å². The van der Waals surface area contributed by atoms with Crippen molar-refractivity contribution in [1.82, 2.24) is 14.9 Å². The van der Waals surface area contributed by atoms with E-state index in [-0.39, 0.29) is 5.91 Å². The summed E-state index contributed by atoms with van der Waals surface area (Å²) in [5.74, 6) is 2.38. The fourth-order valence-electron chi connectivity index (χ4n) is 4.29. The second-order valence-corrected chi connectivity index (χ2v) is 8.62. The van der Waals surface area contributed by atoms with Crippen molar-refractivity contribution in [3.63, 3.8) is 0 Å². The Balaban J connectivity index is 1.15. The first kappa shape index (κ1) is 22.5. The number of carbonyl (C=O) groups is 2. The molecular weight excluding hydrogens is 444 g/mol. The van der Waals surface area contributed by atoms with E-state index in [2.05, 4.69) is 9.97 Å². The van der Waals surface area contributed by atoms with Crippen LogP contribution in [0.2, 0.25) is 0 Å². The molecule has 0 bridgehead atoms. The second-order valence-electron chi connectivity index (χ2n) is 8.62. The van der Waals surface area contributed by atoms with Gasteiger partial charge in [-0.25, -0.2) is 9.78 Å². The van der Waals surface area contributed by atoms with E-state index in [0.29, 0.717) is 24.1 Å². The van der Waals surface area contributed by atoms with Gasteiger partial charge in [0.15, 0.2) is 0 Å². The number of primary amides is 1. The van der Waals surface area contributed by atoms with Gasteiger partial charge in [-0.05, 0) is 67.3 Å². The molecule has 0 radical (unpaired) electrons. The lowest BCUT2D eigenvalue weighted by molar-refractivity contribution is 0.0661. The molecule has 35 heavy (non-hydrogen) atoms. The number of aromatic amines is 1. The number of nitrogens with two attached hydrogens (primary N) is 1. The van der Waals surface area contributed by atoms with Gasteiger partial charge in [-0.3, -0.25) is 4.79 Å². The van der Waals surface area contributed by atoms with E-state index in [1.54, 1.807) is 18.2 Å². The van der Waals surface area contributed by atoms with Crippen LogP contribution in [0.15, 0.2) is 72.8 Å². The Morgan fingerprint density at radius 2 is 1.69 bits per heavy atom. The number of rotatable bonds is 6. The lowest BCUT2D eigenvalue weighted by Gasteiger charge is -2.32. The first-order valence-electron chi connectivity index (χ1n) is 11.6. The van der Waals surface area contributed by atoms with Crippen LogP contribution in [-0.4, -0.2) is 46.6 Å². The van der Waals surface area contributed by atoms with Gasteiger partial charge in [0.2, 0.25) is 0 Å². The Kier molecular flexibility index (Phi) is 6.34. The third-order valence-electron chi connectivity index (χ3n) is 6.21. The lowest BCUT2D eigenvalue weighted by Crippen LogP contribution is -2.39. The maximum atomic E-state index is 12.6. The van der Waals surface area contributed by atoms with E-state index in [1.165, 1.54) is 0 Å². The van der Waals surface area contributed by atoms with Gasteiger partial charge in [0.25, 0.3) is 5.91 Å². The highest BCUT2D eigenvalue weighted by Crippen LogP contribution is 2.26. The molecule has 8 heteroatoms. The molecule has 178 valence electrons. The number of H-pyrrole nitrogens is 1. The molecule has 3 aromatic carbocycles. The Morgan fingerprint density at radius 1 is 0.971 bits per heavy atom. The van der Waals surface area contributed by atoms with E-state index in [0.717, 1.165) is 53.8 Å². The number of carbonyl (C=O) groups excluding carboxylic acids is 2. The highest BCUT2D eigenvalue weighted by molar-refractivity contribution is 5.94. The number of aromatic nitrogens is 2. The van der Waals surface area contributed by atoms with E-state index >= 15 is 0 Å². The first-order chi connectivity index (χ1) is 17.0. The second kappa shape index (κ2) is 9.89. The SMILES string of the molecule is NC(=O)Oc1ccc2nc(-c3ccc(OCC4CCN(C(=O)c5ccccc5)CC4)cc3)[nH]c2c1. The molecule has 3 N–H and O–H groups in total. The van der Waals surface area contributed by atoms with Gasteiger partial charge >= 0.3 is 6.09 Å². The molecule has 1 saturated heterocycles. The highest BCUT2D eigenvalue weighted by Gasteiger charge is 2.24. The summed E-state index contributed by atoms with van der Waals surface area (Å²) >= 11 is 0. The van der Waals surface area contributed by atoms with Crippen LogP contribution >= 0.6 is 0 Å². The van der Waals surface area contributed by atoms with Crippen LogP contribution in [-0.2, 0) is 0 Å². The lowest BCUT2D eigenvalue weighted by atomic mass is 9.97. The van der Waals surface area contributed by atoms with Crippen molar-refractivity contribution >= 4 is 23.0 Å². The molecule has 1 aromatic heterocycles. The Labute approximate surface area is 202 Å². The molecule has 8 nitrogen and oxygen atoms in total. The van der Waals surface area contributed by atoms with Crippen molar-refractivity contribution in [2.24, 2.45) is 11.7 Å². The average molecular weight is 471 g/mol. The zero-order valence-electron chi connectivity index (χ0n) is 19.1. The molecule has 0 unspecified atom stereocenters. The standard InChI is InChI=1S/C27H26N4O4/c28-27(33)35-22-10-11-23-24(16-22)30-25(29-23)19-6-8-21(9-7-19)34-17-18-12-14-31(15-13-18)26(32)20-4-2-1-3-5-20/h1-11,16,18H,12-15,17H2,(H2,28,33)(H,29,30). The number of hydrogen-bond donors (Lipinski definition) is 2. The molecular formula is C27H26N4O4. The van der Waals surface area contributed by atoms with E-state index < -0.39 is 6.09 Å². The largest absolute Gasteiger partial charge is 0.493 e. The summed E-state index contributed by atoms with van der Waals surface area (Å²) in [6.07, 6.45) is 1.000. The number of nitrogens with one attached hydrogen (secondary N) is 1. The molecule has 0 aliphatic carbocycles. The molecule has 1 aliphatic rings. The van der Waals surface area contributed by atoms with Crippen LogP contribution in [0.1, 0.15) is 23.2 Å². The van der Waals surface area contributed by atoms with Crippen LogP contribution in [0, 0.1) is 5.92 Å². The predicted molar refractivity (Wildman–Crippen MR) is 132 cm³/mol. The fraction of sp³-hybridized carbons (Fsp3) is 0.222. The molecule has 1 fully saturated rings. The molecule has 2 heterocycles. The Hall–Kier alpha value is -4.33. The number of ether oxygens (including phenoxy) is 2. The number of fused-ring (bicyclic) bond motifs is 1. The number of hydrogen-bond acceptors (Lipinski definition) is 5. The minimum atomic E-state index is -0.856. The van der Waals surface area contributed by atoms with Gasteiger partial charge in [0, 0.05) is 30.3 Å². The average Bonchev–Trinajstić information content (AvgIpc) is 3.31. The normalized spacial score (nSPS) is 14.1. The van der Waals surface area contributed by atoms with Gasteiger partial charge in [-0.2, -0.15) is 0 Å². The van der Waals surface area contributed by atoms with Crippen molar-refractivity contribution in [3.05, 3.63) is 78.4 Å². The third kappa shape index (κ3) is 5.27. The number of likely N-dealkylation sites (tertiary alicyclic amines) is 1. The van der Waals surface area contributed by atoms with Crippen molar-refractivity contribution in [2.75, 3.05) is 19.7 Å². The van der Waals surface area contributed by atoms with Gasteiger partial charge in [0.1, 0.15) is 17.3 Å². The maximum Gasteiger partial charge on any atom is 0.409 e. The first-order valence-corrected chi connectivity index (χ1v) is 11.6. The minimum Gasteiger partial charge on any atom is -0.493 e. The summed E-state index contributed by atoms with van der Waals surface area (Å²) in [6, 6.07) is 22.3. The summed E-state index contributed by atoms with van der Waals surface area (Å²) in [7, 11) is 0. The predicted octanol–water partition coefficient (Wildman–Crippen LogP) is 4.62. The van der Waals surface area contributed by atoms with Crippen LogP contribution in [0.5, 0.6) is 11.5 Å². The highest BCUT2D eigenvalue weighted by atomic mass is 16.5. The van der Waals surface area contributed by atoms with E-state index in [9.17, 15) is 9.59 Å². The van der Waals surface area contributed by atoms with Crippen LogP contribution in [0.4, 0.5) is 4.79 Å². The van der Waals surface area contributed by atoms with Gasteiger partial charge in [0.05, 0.1) is 17.6 Å². The summed E-state index contributed by atoms with van der Waals surface area (Å²) < 4.78 is 11.0. The van der Waals surface area contributed by atoms with Crippen LogP contribution in [0.25, 0.3) is 22.4 Å². The summed E-state index contributed by atoms with van der Waals surface area (Å²) in [5, 5.41) is 0. The van der Waals surface area contributed by atoms with Crippen molar-refractivity contribution in [1.29, 1.82) is 0 Å². The quantitative estimate of drug-likeness (QED) is 0.427. The third-order valence-corrected chi connectivity index (χ3v) is 6.21. The summed E-state index contributed by atoms with van der Waals surface area (Å²) in [6.45, 7) is 2.12. The smallest absolute Gasteiger partial charge is 0.409 e. The zero-order valence-corrected chi connectivity index (χ0v) is 19.1. The number of nitrogens with zero attached hydrogens (tertiary/aromatic N) is 2. The molecule has 2 amide bonds. The number of amides is 2. The number of imidazole rings is 1. The molecule has 5 rings (SSSR count). The number of piperidine rings is 1. The molecule has 1 aliphatic heterocycles. The van der Waals surface area contributed by atoms with Crippen LogP contribution in [0.3, 0.4) is 0 Å². The Morgan fingerprint density at radius 3 is 2.40 bits per heavy atom. The molecule has 0 spiro atoms. The van der Waals surface area contributed by atoms with Gasteiger partial charge in [-0.1, -0.05) is 18.2 Å². The summed E-state index contributed by atoms with van der Waals surface area (Å²) in [5.41, 5.74) is 8.24. The number of benzene rings is 3. The topological polar surface area (TPSA) is 111 Å². The summed E-state index contributed by atoms with van der Waals surface area (Å²) in [4.78, 5) is 33.3. The molecule has 4 aromatic rings. The van der Waals surface area contributed by atoms with Crippen molar-refractivity contribution in [2.45, 2.75) is 12.8 Å².